The van der Waals surface area contributed by atoms with E-state index in [0.717, 1.165) is 28.8 Å². The molecule has 1 aliphatic rings. The van der Waals surface area contributed by atoms with E-state index < -0.39 is 22.0 Å². The van der Waals surface area contributed by atoms with E-state index in [2.05, 4.69) is 4.99 Å². The minimum absolute atomic E-state index is 0.262. The number of ether oxygens (including phenoxy) is 1. The third kappa shape index (κ3) is 3.96. The Morgan fingerprint density at radius 1 is 1.30 bits per heavy atom. The summed E-state index contributed by atoms with van der Waals surface area (Å²) in [5.41, 5.74) is 0.946. The molecule has 30 heavy (non-hydrogen) atoms. The number of hydrogen-bond acceptors (Lipinski definition) is 6. The molecule has 4 rings (SSSR count). The lowest BCUT2D eigenvalue weighted by molar-refractivity contribution is -0.122. The van der Waals surface area contributed by atoms with Gasteiger partial charge in [0, 0.05) is 13.6 Å². The predicted octanol–water partition coefficient (Wildman–Crippen LogP) is 3.37. The Kier molecular flexibility index (Phi) is 6.10. The lowest BCUT2D eigenvalue weighted by Gasteiger charge is -2.31. The van der Waals surface area contributed by atoms with E-state index in [1.807, 2.05) is 36.7 Å². The van der Waals surface area contributed by atoms with Crippen LogP contribution in [0.25, 0.3) is 10.2 Å². The number of rotatable bonds is 5. The fourth-order valence-electron chi connectivity index (χ4n) is 3.61. The molecule has 0 bridgehead atoms. The number of benzene rings is 1. The molecule has 0 saturated carbocycles. The number of hydrogen-bond donors (Lipinski definition) is 0. The molecule has 10 heteroatoms. The molecule has 2 aromatic heterocycles. The van der Waals surface area contributed by atoms with Gasteiger partial charge in [0.15, 0.2) is 4.80 Å². The summed E-state index contributed by atoms with van der Waals surface area (Å²) in [5, 5.41) is 1.73. The summed E-state index contributed by atoms with van der Waals surface area (Å²) < 4.78 is 36.1. The van der Waals surface area contributed by atoms with Gasteiger partial charge in [0.25, 0.3) is 15.9 Å². The number of thiophene rings is 1. The number of carbonyl (C=O) groups excluding carboxylic acids is 1. The van der Waals surface area contributed by atoms with Crippen molar-refractivity contribution in [1.29, 1.82) is 0 Å². The number of thiazole rings is 1. The van der Waals surface area contributed by atoms with Gasteiger partial charge in [0.1, 0.15) is 16.0 Å². The van der Waals surface area contributed by atoms with Gasteiger partial charge in [-0.15, -0.1) is 11.3 Å². The van der Waals surface area contributed by atoms with E-state index in [4.69, 9.17) is 4.74 Å². The Bertz CT molecular complexity index is 1230. The van der Waals surface area contributed by atoms with Crippen molar-refractivity contribution < 1.29 is 17.9 Å². The van der Waals surface area contributed by atoms with Crippen LogP contribution < -0.4 is 9.54 Å². The predicted molar refractivity (Wildman–Crippen MR) is 118 cm³/mol. The van der Waals surface area contributed by atoms with Crippen molar-refractivity contribution in [1.82, 2.24) is 8.87 Å². The molecule has 0 aliphatic carbocycles. The quantitative estimate of drug-likeness (QED) is 0.579. The fourth-order valence-corrected chi connectivity index (χ4v) is 7.43. The first-order valence-electron chi connectivity index (χ1n) is 9.78. The van der Waals surface area contributed by atoms with E-state index in [1.165, 1.54) is 27.0 Å². The number of carbonyl (C=O) groups is 1. The van der Waals surface area contributed by atoms with Gasteiger partial charge in [-0.3, -0.25) is 4.79 Å². The van der Waals surface area contributed by atoms with E-state index >= 15 is 0 Å². The molecule has 0 spiro atoms. The molecule has 3 heterocycles. The Labute approximate surface area is 183 Å². The standard InChI is InChI=1S/C20H23N3O4S3/c1-3-27-14-9-10-15-17(13-14)29-20(22(15)2)21-19(24)16-7-4-5-11-23(16)30(25,26)18-8-6-12-28-18/h6,8-10,12-13,16H,3-5,7,11H2,1-2H3. The normalized spacial score (nSPS) is 18.7. The zero-order valence-corrected chi connectivity index (χ0v) is 19.2. The zero-order valence-electron chi connectivity index (χ0n) is 16.8. The van der Waals surface area contributed by atoms with Crippen LogP contribution in [0.1, 0.15) is 26.2 Å². The second kappa shape index (κ2) is 8.62. The van der Waals surface area contributed by atoms with Crippen molar-refractivity contribution >= 4 is 48.8 Å². The molecule has 1 amide bonds. The second-order valence-corrected chi connectivity index (χ2v) is 11.1. The van der Waals surface area contributed by atoms with Gasteiger partial charge in [0.05, 0.1) is 16.8 Å². The van der Waals surface area contributed by atoms with Crippen molar-refractivity contribution in [3.63, 3.8) is 0 Å². The fraction of sp³-hybridized carbons (Fsp3) is 0.400. The van der Waals surface area contributed by atoms with Crippen LogP contribution in [0.2, 0.25) is 0 Å². The first kappa shape index (κ1) is 21.2. The van der Waals surface area contributed by atoms with Gasteiger partial charge in [-0.1, -0.05) is 23.8 Å². The third-order valence-electron chi connectivity index (χ3n) is 5.09. The molecule has 1 aliphatic heterocycles. The maximum Gasteiger partial charge on any atom is 0.266 e. The Morgan fingerprint density at radius 3 is 2.87 bits per heavy atom. The number of aromatic nitrogens is 1. The highest BCUT2D eigenvalue weighted by Crippen LogP contribution is 2.28. The summed E-state index contributed by atoms with van der Waals surface area (Å²) in [6, 6.07) is 8.28. The maximum atomic E-state index is 13.1. The highest BCUT2D eigenvalue weighted by Gasteiger charge is 2.38. The summed E-state index contributed by atoms with van der Waals surface area (Å²) in [4.78, 5) is 18.0. The van der Waals surface area contributed by atoms with E-state index in [9.17, 15) is 13.2 Å². The van der Waals surface area contributed by atoms with Crippen molar-refractivity contribution in [3.05, 3.63) is 40.5 Å². The Hall–Kier alpha value is -2.01. The zero-order chi connectivity index (χ0) is 21.3. The first-order valence-corrected chi connectivity index (χ1v) is 12.9. The average Bonchev–Trinajstić information content (AvgIpc) is 3.38. The molecule has 0 radical (unpaired) electrons. The van der Waals surface area contributed by atoms with Crippen molar-refractivity contribution in [2.75, 3.05) is 13.2 Å². The van der Waals surface area contributed by atoms with Gasteiger partial charge in [-0.2, -0.15) is 9.30 Å². The van der Waals surface area contributed by atoms with Gasteiger partial charge >= 0.3 is 0 Å². The SMILES string of the molecule is CCOc1ccc2c(c1)sc(=NC(=O)C1CCCCN1S(=O)(=O)c1cccs1)n2C. The molecule has 1 unspecified atom stereocenters. The lowest BCUT2D eigenvalue weighted by Crippen LogP contribution is -2.47. The van der Waals surface area contributed by atoms with Crippen LogP contribution in [-0.2, 0) is 21.9 Å². The van der Waals surface area contributed by atoms with Crippen molar-refractivity contribution in [2.24, 2.45) is 12.0 Å². The van der Waals surface area contributed by atoms with Crippen LogP contribution in [-0.4, -0.2) is 42.4 Å². The summed E-state index contributed by atoms with van der Waals surface area (Å²) >= 11 is 2.56. The van der Waals surface area contributed by atoms with Crippen LogP contribution in [0.3, 0.4) is 0 Å². The molecular formula is C20H23N3O4S3. The van der Waals surface area contributed by atoms with Crippen LogP contribution in [0.5, 0.6) is 5.75 Å². The molecule has 7 nitrogen and oxygen atoms in total. The minimum Gasteiger partial charge on any atom is -0.494 e. The molecule has 1 fully saturated rings. The van der Waals surface area contributed by atoms with Crippen LogP contribution in [0.15, 0.2) is 44.9 Å². The molecule has 3 aromatic rings. The molecule has 0 N–H and O–H groups in total. The lowest BCUT2D eigenvalue weighted by atomic mass is 10.0. The van der Waals surface area contributed by atoms with E-state index in [1.54, 1.807) is 17.5 Å². The number of piperidine rings is 1. The number of aryl methyl sites for hydroxylation is 1. The Morgan fingerprint density at radius 2 is 2.13 bits per heavy atom. The topological polar surface area (TPSA) is 81.0 Å². The van der Waals surface area contributed by atoms with Gasteiger partial charge in [-0.05, 0) is 49.4 Å². The highest BCUT2D eigenvalue weighted by molar-refractivity contribution is 7.91. The largest absolute Gasteiger partial charge is 0.494 e. The first-order chi connectivity index (χ1) is 14.4. The van der Waals surface area contributed by atoms with Crippen molar-refractivity contribution in [3.8, 4) is 5.75 Å². The van der Waals surface area contributed by atoms with E-state index in [-0.39, 0.29) is 4.21 Å². The number of sulfonamides is 1. The summed E-state index contributed by atoms with van der Waals surface area (Å²) in [6.45, 7) is 2.84. The number of amides is 1. The molecule has 1 atom stereocenters. The number of fused-ring (bicyclic) bond motifs is 1. The molecule has 1 saturated heterocycles. The smallest absolute Gasteiger partial charge is 0.266 e. The van der Waals surface area contributed by atoms with E-state index in [0.29, 0.717) is 24.4 Å². The minimum atomic E-state index is -3.70. The average molecular weight is 466 g/mol. The van der Waals surface area contributed by atoms with Gasteiger partial charge in [0.2, 0.25) is 0 Å². The van der Waals surface area contributed by atoms with Crippen LogP contribution in [0.4, 0.5) is 0 Å². The van der Waals surface area contributed by atoms with Gasteiger partial charge in [-0.25, -0.2) is 8.42 Å². The summed E-state index contributed by atoms with van der Waals surface area (Å²) in [6.07, 6.45) is 2.03. The number of nitrogens with zero attached hydrogens (tertiary/aromatic N) is 3. The molecular weight excluding hydrogens is 442 g/mol. The monoisotopic (exact) mass is 465 g/mol. The summed E-state index contributed by atoms with van der Waals surface area (Å²) in [7, 11) is -1.85. The van der Waals surface area contributed by atoms with Gasteiger partial charge < -0.3 is 9.30 Å². The summed E-state index contributed by atoms with van der Waals surface area (Å²) in [5.74, 6) is 0.354. The van der Waals surface area contributed by atoms with Crippen molar-refractivity contribution in [2.45, 2.75) is 36.4 Å². The third-order valence-corrected chi connectivity index (χ3v) is 9.47. The van der Waals surface area contributed by atoms with Crippen LogP contribution >= 0.6 is 22.7 Å². The highest BCUT2D eigenvalue weighted by atomic mass is 32.2. The maximum absolute atomic E-state index is 13.1. The second-order valence-electron chi connectivity index (χ2n) is 7.02. The van der Waals surface area contributed by atoms with Crippen LogP contribution in [0, 0.1) is 0 Å². The molecule has 160 valence electrons. The molecule has 1 aromatic carbocycles. The Balaban J connectivity index is 1.69.